The molecule has 2 N–H and O–H groups in total. The van der Waals surface area contributed by atoms with Crippen molar-refractivity contribution in [2.24, 2.45) is 0 Å². The van der Waals surface area contributed by atoms with Crippen LogP contribution in [0.2, 0.25) is 0 Å². The Kier molecular flexibility index (Phi) is 4.38. The molecule has 8 nitrogen and oxygen atoms in total. The summed E-state index contributed by atoms with van der Waals surface area (Å²) in [7, 11) is 1.63. The molecule has 1 aromatic heterocycles. The Bertz CT molecular complexity index is 919. The number of nitrogens with one attached hydrogen (secondary N) is 2. The average molecular weight is 351 g/mol. The van der Waals surface area contributed by atoms with Gasteiger partial charge in [-0.1, -0.05) is 6.07 Å². The molecule has 0 atom stereocenters. The van der Waals surface area contributed by atoms with Crippen LogP contribution < -0.4 is 24.8 Å². The van der Waals surface area contributed by atoms with Crippen LogP contribution >= 0.6 is 0 Å². The number of hydrogen-bond acceptors (Lipinski definition) is 8. The Morgan fingerprint density at radius 1 is 0.962 bits per heavy atom. The Morgan fingerprint density at radius 3 is 2.69 bits per heavy atom. The normalized spacial score (nSPS) is 12.3. The molecule has 0 spiro atoms. The van der Waals surface area contributed by atoms with Gasteiger partial charge in [-0.05, 0) is 24.3 Å². The van der Waals surface area contributed by atoms with Gasteiger partial charge in [-0.3, -0.25) is 0 Å². The van der Waals surface area contributed by atoms with Crippen LogP contribution in [0.15, 0.2) is 48.7 Å². The second-order valence-electron chi connectivity index (χ2n) is 5.51. The molecule has 0 aliphatic carbocycles. The van der Waals surface area contributed by atoms with Gasteiger partial charge in [0.1, 0.15) is 19.0 Å². The van der Waals surface area contributed by atoms with Crippen LogP contribution in [0.4, 0.5) is 23.1 Å². The van der Waals surface area contributed by atoms with E-state index < -0.39 is 0 Å². The molecule has 132 valence electrons. The third-order valence-corrected chi connectivity index (χ3v) is 3.70. The molecule has 0 bridgehead atoms. The lowest BCUT2D eigenvalue weighted by Crippen LogP contribution is -2.15. The van der Waals surface area contributed by atoms with E-state index in [1.807, 2.05) is 42.5 Å². The Balaban J connectivity index is 1.50. The molecule has 0 radical (unpaired) electrons. The van der Waals surface area contributed by atoms with Gasteiger partial charge in [0.25, 0.3) is 0 Å². The molecule has 4 rings (SSSR count). The summed E-state index contributed by atoms with van der Waals surface area (Å²) in [6.45, 7) is 1.10. The van der Waals surface area contributed by atoms with Gasteiger partial charge in [-0.25, -0.2) is 0 Å². The highest BCUT2D eigenvalue weighted by atomic mass is 16.6. The van der Waals surface area contributed by atoms with Crippen molar-refractivity contribution in [1.82, 2.24) is 15.2 Å². The van der Waals surface area contributed by atoms with Crippen LogP contribution in [-0.2, 0) is 0 Å². The molecule has 1 aliphatic rings. The first-order chi connectivity index (χ1) is 12.8. The van der Waals surface area contributed by atoms with E-state index in [-0.39, 0.29) is 0 Å². The molecule has 3 aromatic rings. The lowest BCUT2D eigenvalue weighted by atomic mass is 10.2. The standard InChI is InChI=1S/C18H17N5O3/c1-24-14-4-2-3-12(9-14)20-17-11-19-23-18(22-17)21-13-5-6-15-16(10-13)26-8-7-25-15/h2-6,9-11H,7-8H2,1H3,(H2,20,21,22,23). The van der Waals surface area contributed by atoms with Gasteiger partial charge in [0.15, 0.2) is 17.3 Å². The molecule has 8 heteroatoms. The zero-order valence-corrected chi connectivity index (χ0v) is 14.1. The maximum absolute atomic E-state index is 5.58. The van der Waals surface area contributed by atoms with Crippen LogP contribution in [-0.4, -0.2) is 35.5 Å². The SMILES string of the molecule is COc1cccc(Nc2cnnc(Nc3ccc4c(c3)OCCO4)n2)c1. The predicted octanol–water partition coefficient (Wildman–Crippen LogP) is 3.14. The van der Waals surface area contributed by atoms with E-state index in [1.165, 1.54) is 0 Å². The minimum atomic E-state index is 0.370. The van der Waals surface area contributed by atoms with Crippen molar-refractivity contribution in [3.8, 4) is 17.2 Å². The predicted molar refractivity (Wildman–Crippen MR) is 96.8 cm³/mol. The summed E-state index contributed by atoms with van der Waals surface area (Å²) in [5.74, 6) is 3.11. The number of methoxy groups -OCH3 is 1. The van der Waals surface area contributed by atoms with Crippen LogP contribution in [0.5, 0.6) is 17.2 Å². The first-order valence-corrected chi connectivity index (χ1v) is 8.08. The zero-order chi connectivity index (χ0) is 17.8. The second kappa shape index (κ2) is 7.14. The zero-order valence-electron chi connectivity index (χ0n) is 14.1. The largest absolute Gasteiger partial charge is 0.497 e. The molecular formula is C18H17N5O3. The van der Waals surface area contributed by atoms with E-state index in [0.29, 0.717) is 30.7 Å². The smallest absolute Gasteiger partial charge is 0.249 e. The number of ether oxygens (including phenoxy) is 3. The summed E-state index contributed by atoms with van der Waals surface area (Å²) in [6, 6.07) is 13.1. The van der Waals surface area contributed by atoms with E-state index >= 15 is 0 Å². The lowest BCUT2D eigenvalue weighted by molar-refractivity contribution is 0.171. The molecule has 0 unspecified atom stereocenters. The Labute approximate surface area is 150 Å². The van der Waals surface area contributed by atoms with Crippen LogP contribution in [0.1, 0.15) is 0 Å². The first kappa shape index (κ1) is 15.9. The number of nitrogens with zero attached hydrogens (tertiary/aromatic N) is 3. The van der Waals surface area contributed by atoms with Gasteiger partial charge in [-0.15, -0.1) is 5.10 Å². The molecule has 2 heterocycles. The third kappa shape index (κ3) is 3.59. The van der Waals surface area contributed by atoms with Crippen molar-refractivity contribution in [3.05, 3.63) is 48.7 Å². The minimum absolute atomic E-state index is 0.370. The average Bonchev–Trinajstić information content (AvgIpc) is 2.68. The molecule has 26 heavy (non-hydrogen) atoms. The molecule has 0 amide bonds. The van der Waals surface area contributed by atoms with Crippen molar-refractivity contribution in [1.29, 1.82) is 0 Å². The van der Waals surface area contributed by atoms with Crippen LogP contribution in [0.25, 0.3) is 0 Å². The Morgan fingerprint density at radius 2 is 1.81 bits per heavy atom. The molecule has 1 aliphatic heterocycles. The summed E-state index contributed by atoms with van der Waals surface area (Å²) in [5.41, 5.74) is 1.63. The number of hydrogen-bond donors (Lipinski definition) is 2. The highest BCUT2D eigenvalue weighted by Gasteiger charge is 2.12. The van der Waals surface area contributed by atoms with Crippen molar-refractivity contribution in [2.45, 2.75) is 0 Å². The van der Waals surface area contributed by atoms with Crippen molar-refractivity contribution < 1.29 is 14.2 Å². The minimum Gasteiger partial charge on any atom is -0.497 e. The van der Waals surface area contributed by atoms with Gasteiger partial charge in [0.2, 0.25) is 5.95 Å². The van der Waals surface area contributed by atoms with Crippen LogP contribution in [0, 0.1) is 0 Å². The number of aromatic nitrogens is 3. The molecule has 2 aromatic carbocycles. The van der Waals surface area contributed by atoms with E-state index in [0.717, 1.165) is 22.9 Å². The second-order valence-corrected chi connectivity index (χ2v) is 5.51. The fraction of sp³-hybridized carbons (Fsp3) is 0.167. The van der Waals surface area contributed by atoms with Gasteiger partial charge in [-0.2, -0.15) is 10.1 Å². The topological polar surface area (TPSA) is 90.4 Å². The molecule has 0 saturated carbocycles. The summed E-state index contributed by atoms with van der Waals surface area (Å²) in [6.07, 6.45) is 1.55. The fourth-order valence-corrected chi connectivity index (χ4v) is 2.52. The number of rotatable bonds is 5. The summed E-state index contributed by atoms with van der Waals surface area (Å²) in [5, 5.41) is 14.3. The monoisotopic (exact) mass is 351 g/mol. The maximum Gasteiger partial charge on any atom is 0.249 e. The number of anilines is 4. The van der Waals surface area contributed by atoms with E-state index in [4.69, 9.17) is 14.2 Å². The highest BCUT2D eigenvalue weighted by Crippen LogP contribution is 2.33. The number of benzene rings is 2. The van der Waals surface area contributed by atoms with Gasteiger partial charge < -0.3 is 24.8 Å². The summed E-state index contributed by atoms with van der Waals surface area (Å²) < 4.78 is 16.3. The summed E-state index contributed by atoms with van der Waals surface area (Å²) in [4.78, 5) is 4.42. The Hall–Kier alpha value is -3.55. The van der Waals surface area contributed by atoms with E-state index in [1.54, 1.807) is 13.3 Å². The van der Waals surface area contributed by atoms with Gasteiger partial charge >= 0.3 is 0 Å². The highest BCUT2D eigenvalue weighted by molar-refractivity contribution is 5.62. The molecule has 0 saturated heterocycles. The van der Waals surface area contributed by atoms with Crippen molar-refractivity contribution in [3.63, 3.8) is 0 Å². The van der Waals surface area contributed by atoms with Crippen molar-refractivity contribution in [2.75, 3.05) is 31.0 Å². The molecule has 0 fully saturated rings. The fourth-order valence-electron chi connectivity index (χ4n) is 2.52. The van der Waals surface area contributed by atoms with Crippen molar-refractivity contribution >= 4 is 23.1 Å². The maximum atomic E-state index is 5.58. The van der Waals surface area contributed by atoms with Crippen LogP contribution in [0.3, 0.4) is 0 Å². The summed E-state index contributed by atoms with van der Waals surface area (Å²) >= 11 is 0. The molecular weight excluding hydrogens is 334 g/mol. The third-order valence-electron chi connectivity index (χ3n) is 3.70. The first-order valence-electron chi connectivity index (χ1n) is 8.08. The quantitative estimate of drug-likeness (QED) is 0.724. The lowest BCUT2D eigenvalue weighted by Gasteiger charge is -2.19. The van der Waals surface area contributed by atoms with Gasteiger partial charge in [0, 0.05) is 23.5 Å². The van der Waals surface area contributed by atoms with E-state index in [9.17, 15) is 0 Å². The van der Waals surface area contributed by atoms with Gasteiger partial charge in [0.05, 0.1) is 13.3 Å². The number of fused-ring (bicyclic) bond motifs is 1. The van der Waals surface area contributed by atoms with E-state index in [2.05, 4.69) is 25.8 Å².